The monoisotopic (exact) mass is 359 g/mol. The van der Waals surface area contributed by atoms with Crippen molar-refractivity contribution in [1.82, 2.24) is 15.3 Å². The Morgan fingerprint density at radius 2 is 2.04 bits per heavy atom. The van der Waals surface area contributed by atoms with Gasteiger partial charge in [-0.2, -0.15) is 0 Å². The highest BCUT2D eigenvalue weighted by molar-refractivity contribution is 6.31. The summed E-state index contributed by atoms with van der Waals surface area (Å²) in [6, 6.07) is 11.9. The van der Waals surface area contributed by atoms with E-state index < -0.39 is 5.41 Å². The zero-order valence-electron chi connectivity index (χ0n) is 14.1. The van der Waals surface area contributed by atoms with Crippen LogP contribution in [0.2, 0.25) is 5.02 Å². The molecule has 3 rings (SSSR count). The number of H-pyrrole nitrogens is 1. The topological polar surface area (TPSA) is 57.8 Å². The second-order valence-corrected chi connectivity index (χ2v) is 7.10. The maximum Gasteiger partial charge on any atom is 0.227 e. The average Bonchev–Trinajstić information content (AvgIpc) is 2.94. The first-order chi connectivity index (χ1) is 11.8. The fourth-order valence-corrected chi connectivity index (χ4v) is 2.93. The number of halogens is 2. The van der Waals surface area contributed by atoms with Crippen LogP contribution in [0.5, 0.6) is 0 Å². The number of hydrogen-bond acceptors (Lipinski definition) is 2. The van der Waals surface area contributed by atoms with E-state index in [1.807, 2.05) is 13.8 Å². The molecular weight excluding hydrogens is 341 g/mol. The van der Waals surface area contributed by atoms with Gasteiger partial charge in [-0.15, -0.1) is 0 Å². The van der Waals surface area contributed by atoms with Crippen LogP contribution in [0.1, 0.15) is 25.2 Å². The number of imidazole rings is 1. The minimum atomic E-state index is -0.512. The van der Waals surface area contributed by atoms with Crippen LogP contribution in [0.15, 0.2) is 42.5 Å². The molecule has 4 nitrogen and oxygen atoms in total. The molecule has 1 aromatic heterocycles. The zero-order valence-corrected chi connectivity index (χ0v) is 14.8. The van der Waals surface area contributed by atoms with Crippen molar-refractivity contribution < 1.29 is 9.18 Å². The Bertz CT molecular complexity index is 920. The first-order valence-electron chi connectivity index (χ1n) is 8.01. The Kier molecular flexibility index (Phi) is 4.77. The van der Waals surface area contributed by atoms with E-state index in [1.165, 1.54) is 6.07 Å². The fourth-order valence-electron chi connectivity index (χ4n) is 2.76. The molecule has 0 unspecified atom stereocenters. The first-order valence-corrected chi connectivity index (χ1v) is 8.39. The van der Waals surface area contributed by atoms with E-state index in [-0.39, 0.29) is 18.1 Å². The Morgan fingerprint density at radius 3 is 2.80 bits per heavy atom. The molecule has 2 N–H and O–H groups in total. The van der Waals surface area contributed by atoms with Gasteiger partial charge in [-0.25, -0.2) is 9.37 Å². The van der Waals surface area contributed by atoms with E-state index >= 15 is 0 Å². The van der Waals surface area contributed by atoms with Gasteiger partial charge >= 0.3 is 0 Å². The number of aromatic amines is 1. The third-order valence-corrected chi connectivity index (χ3v) is 4.39. The second kappa shape index (κ2) is 6.84. The molecule has 0 aliphatic rings. The summed E-state index contributed by atoms with van der Waals surface area (Å²) >= 11 is 5.95. The highest BCUT2D eigenvalue weighted by atomic mass is 35.5. The second-order valence-electron chi connectivity index (χ2n) is 6.66. The summed E-state index contributed by atoms with van der Waals surface area (Å²) in [6.07, 6.45) is 0.125. The number of nitrogens with zero attached hydrogens (tertiary/aromatic N) is 1. The molecule has 0 aliphatic carbocycles. The van der Waals surface area contributed by atoms with E-state index in [9.17, 15) is 9.18 Å². The van der Waals surface area contributed by atoms with E-state index in [1.54, 1.807) is 36.4 Å². The number of carbonyl (C=O) groups excluding carboxylic acids is 1. The predicted molar refractivity (Wildman–Crippen MR) is 97.2 cm³/mol. The summed E-state index contributed by atoms with van der Waals surface area (Å²) in [4.78, 5) is 19.7. The molecule has 3 aromatic rings. The Hall–Kier alpha value is -2.40. The molecule has 0 atom stereocenters. The van der Waals surface area contributed by atoms with Gasteiger partial charge < -0.3 is 10.3 Å². The number of fused-ring (bicyclic) bond motifs is 1. The summed E-state index contributed by atoms with van der Waals surface area (Å²) in [7, 11) is 0. The molecule has 0 saturated carbocycles. The van der Waals surface area contributed by atoms with E-state index in [0.29, 0.717) is 23.0 Å². The fraction of sp³-hybridized carbons (Fsp3) is 0.263. The third-order valence-electron chi connectivity index (χ3n) is 4.15. The van der Waals surface area contributed by atoms with Crippen molar-refractivity contribution >= 4 is 28.5 Å². The number of aromatic nitrogens is 2. The van der Waals surface area contributed by atoms with Crippen LogP contribution < -0.4 is 5.32 Å². The van der Waals surface area contributed by atoms with Gasteiger partial charge in [-0.1, -0.05) is 43.6 Å². The lowest BCUT2D eigenvalue weighted by atomic mass is 9.84. The number of hydrogen-bond donors (Lipinski definition) is 2. The number of nitrogens with one attached hydrogen (secondary N) is 2. The van der Waals surface area contributed by atoms with Gasteiger partial charge in [0.15, 0.2) is 0 Å². The molecule has 0 saturated heterocycles. The van der Waals surface area contributed by atoms with Crippen molar-refractivity contribution in [3.63, 3.8) is 0 Å². The highest BCUT2D eigenvalue weighted by Crippen LogP contribution is 2.25. The number of rotatable bonds is 5. The zero-order chi connectivity index (χ0) is 18.0. The van der Waals surface area contributed by atoms with Crippen molar-refractivity contribution in [2.24, 2.45) is 0 Å². The summed E-state index contributed by atoms with van der Waals surface area (Å²) in [5.41, 5.74) is 1.62. The molecule has 6 heteroatoms. The SMILES string of the molecule is CC(C)(CNC(=O)Cc1nc2ccc(Cl)cc2[nH]1)c1ccccc1F. The number of carbonyl (C=O) groups is 1. The summed E-state index contributed by atoms with van der Waals surface area (Å²) < 4.78 is 14.0. The molecule has 130 valence electrons. The van der Waals surface area contributed by atoms with Crippen LogP contribution in [0.25, 0.3) is 11.0 Å². The predicted octanol–water partition coefficient (Wildman–Crippen LogP) is 3.99. The van der Waals surface area contributed by atoms with E-state index in [2.05, 4.69) is 15.3 Å². The average molecular weight is 360 g/mol. The van der Waals surface area contributed by atoms with Crippen molar-refractivity contribution in [1.29, 1.82) is 0 Å². The lowest BCUT2D eigenvalue weighted by Gasteiger charge is -2.26. The van der Waals surface area contributed by atoms with Gasteiger partial charge in [0, 0.05) is 17.0 Å². The molecular formula is C19H19ClFN3O. The maximum absolute atomic E-state index is 14.0. The van der Waals surface area contributed by atoms with Crippen LogP contribution in [0, 0.1) is 5.82 Å². The molecule has 0 radical (unpaired) electrons. The molecule has 0 fully saturated rings. The van der Waals surface area contributed by atoms with Crippen LogP contribution in [0.3, 0.4) is 0 Å². The van der Waals surface area contributed by atoms with Crippen LogP contribution in [-0.2, 0) is 16.6 Å². The van der Waals surface area contributed by atoms with Crippen LogP contribution >= 0.6 is 11.6 Å². The Morgan fingerprint density at radius 1 is 1.28 bits per heavy atom. The number of benzene rings is 2. The van der Waals surface area contributed by atoms with Crippen molar-refractivity contribution in [3.8, 4) is 0 Å². The molecule has 1 heterocycles. The molecule has 1 amide bonds. The lowest BCUT2D eigenvalue weighted by Crippen LogP contribution is -2.38. The van der Waals surface area contributed by atoms with Gasteiger partial charge in [0.2, 0.25) is 5.91 Å². The van der Waals surface area contributed by atoms with E-state index in [4.69, 9.17) is 11.6 Å². The van der Waals surface area contributed by atoms with Gasteiger partial charge in [0.05, 0.1) is 17.5 Å². The summed E-state index contributed by atoms with van der Waals surface area (Å²) in [5, 5.41) is 3.47. The van der Waals surface area contributed by atoms with Gasteiger partial charge in [0.1, 0.15) is 11.6 Å². The third kappa shape index (κ3) is 3.99. The minimum Gasteiger partial charge on any atom is -0.355 e. The van der Waals surface area contributed by atoms with Crippen LogP contribution in [-0.4, -0.2) is 22.4 Å². The Labute approximate surface area is 150 Å². The largest absolute Gasteiger partial charge is 0.355 e. The summed E-state index contributed by atoms with van der Waals surface area (Å²) in [6.45, 7) is 4.13. The number of amides is 1. The highest BCUT2D eigenvalue weighted by Gasteiger charge is 2.24. The van der Waals surface area contributed by atoms with Crippen molar-refractivity contribution in [2.45, 2.75) is 25.7 Å². The molecule has 2 aromatic carbocycles. The molecule has 0 aliphatic heterocycles. The molecule has 0 bridgehead atoms. The molecule has 0 spiro atoms. The van der Waals surface area contributed by atoms with E-state index in [0.717, 1.165) is 11.0 Å². The standard InChI is InChI=1S/C19H19ClFN3O/c1-19(2,13-5-3-4-6-14(13)21)11-22-18(25)10-17-23-15-8-7-12(20)9-16(15)24-17/h3-9H,10-11H2,1-2H3,(H,22,25)(H,23,24). The quantitative estimate of drug-likeness (QED) is 0.723. The smallest absolute Gasteiger partial charge is 0.227 e. The lowest BCUT2D eigenvalue weighted by molar-refractivity contribution is -0.120. The van der Waals surface area contributed by atoms with Crippen molar-refractivity contribution in [2.75, 3.05) is 6.54 Å². The minimum absolute atomic E-state index is 0.125. The summed E-state index contributed by atoms with van der Waals surface area (Å²) in [5.74, 6) is 0.129. The van der Waals surface area contributed by atoms with Gasteiger partial charge in [-0.3, -0.25) is 4.79 Å². The first kappa shape index (κ1) is 17.4. The Balaban J connectivity index is 1.65. The molecule has 25 heavy (non-hydrogen) atoms. The normalized spacial score (nSPS) is 11.7. The van der Waals surface area contributed by atoms with Gasteiger partial charge in [-0.05, 0) is 29.8 Å². The van der Waals surface area contributed by atoms with Crippen molar-refractivity contribution in [3.05, 3.63) is 64.7 Å². The van der Waals surface area contributed by atoms with Crippen LogP contribution in [0.4, 0.5) is 4.39 Å². The van der Waals surface area contributed by atoms with Gasteiger partial charge in [0.25, 0.3) is 0 Å². The maximum atomic E-state index is 14.0.